The summed E-state index contributed by atoms with van der Waals surface area (Å²) in [5.74, 6) is -0.928. The molecule has 0 aliphatic rings. The van der Waals surface area contributed by atoms with E-state index in [1.54, 1.807) is 0 Å². The molecule has 0 atom stereocenters. The molecule has 11 heavy (non-hydrogen) atoms. The van der Waals surface area contributed by atoms with Crippen molar-refractivity contribution in [1.82, 2.24) is 0 Å². The molecule has 1 aromatic rings. The largest absolute Gasteiger partial charge is 1.00 e. The van der Waals surface area contributed by atoms with Gasteiger partial charge in [-0.25, -0.2) is 4.79 Å². The molecule has 2 N–H and O–H groups in total. The second kappa shape index (κ2) is 5.45. The fourth-order valence-electron chi connectivity index (χ4n) is 0.227. The fraction of sp³-hybridized carbons (Fsp3) is 0. The Morgan fingerprint density at radius 2 is 2.00 bits per heavy atom. The van der Waals surface area contributed by atoms with Gasteiger partial charge in [-0.3, -0.25) is 0 Å². The Kier molecular flexibility index (Phi) is 6.64. The van der Waals surface area contributed by atoms with Crippen LogP contribution in [0.15, 0.2) is 13.2 Å². The molecule has 0 aliphatic heterocycles. The summed E-state index contributed by atoms with van der Waals surface area (Å²) in [6.45, 7) is 0. The van der Waals surface area contributed by atoms with Gasteiger partial charge in [-0.1, -0.05) is 0 Å². The van der Waals surface area contributed by atoms with Gasteiger partial charge < -0.3 is 28.3 Å². The minimum atomic E-state index is -1.99. The summed E-state index contributed by atoms with van der Waals surface area (Å²) in [6.07, 6.45) is -1.77. The first kappa shape index (κ1) is 13.4. The van der Waals surface area contributed by atoms with Crippen molar-refractivity contribution in [3.05, 3.63) is 10.6 Å². The summed E-state index contributed by atoms with van der Waals surface area (Å²) in [4.78, 5) is 19.3. The zero-order valence-corrected chi connectivity index (χ0v) is 8.29. The van der Waals surface area contributed by atoms with Crippen molar-refractivity contribution in [2.45, 2.75) is 0 Å². The minimum absolute atomic E-state index is 0. The van der Waals surface area contributed by atoms with Crippen LogP contribution in [0, 0.1) is 0 Å². The first-order chi connectivity index (χ1) is 4.18. The van der Waals surface area contributed by atoms with Gasteiger partial charge in [0.1, 0.15) is 0 Å². The Morgan fingerprint density at radius 3 is 2.27 bits per heavy atom. The molecule has 0 saturated heterocycles. The van der Waals surface area contributed by atoms with E-state index in [1.165, 1.54) is 0 Å². The van der Waals surface area contributed by atoms with Crippen LogP contribution >= 0.6 is 8.24 Å². The van der Waals surface area contributed by atoms with E-state index in [0.717, 1.165) is 0 Å². The van der Waals surface area contributed by atoms with E-state index >= 15 is 0 Å². The second-order valence-electron chi connectivity index (χ2n) is 0.997. The van der Waals surface area contributed by atoms with Crippen LogP contribution in [-0.2, 0) is 0 Å². The topological polar surface area (TPSA) is 124 Å². The van der Waals surface area contributed by atoms with Crippen molar-refractivity contribution in [3.8, 4) is 0 Å². The molecule has 0 bridgehead atoms. The normalized spacial score (nSPS) is 7.64. The predicted octanol–water partition coefficient (Wildman–Crippen LogP) is -4.83. The van der Waals surface area contributed by atoms with Crippen molar-refractivity contribution in [2.24, 2.45) is 0 Å². The molecule has 1 aromatic heterocycles. The smallest absolute Gasteiger partial charge is 0.443 e. The molecule has 0 aliphatic carbocycles. The molecular formula is C2H2NaO7P. The molecule has 0 unspecified atom stereocenters. The molecule has 58 valence electrons. The first-order valence-corrected chi connectivity index (χ1v) is 2.87. The van der Waals surface area contributed by atoms with Gasteiger partial charge in [0.25, 0.3) is 6.16 Å². The minimum Gasteiger partial charge on any atom is -0.443 e. The summed E-state index contributed by atoms with van der Waals surface area (Å²) in [6, 6.07) is 0. The summed E-state index contributed by atoms with van der Waals surface area (Å²) >= 11 is 0. The fourth-order valence-corrected chi connectivity index (χ4v) is 0.680. The zero-order valence-electron chi connectivity index (χ0n) is 5.40. The van der Waals surface area contributed by atoms with E-state index < -0.39 is 20.2 Å². The molecule has 0 fully saturated rings. The first-order valence-electron chi connectivity index (χ1n) is 1.77. The third kappa shape index (κ3) is 4.28. The molecule has 0 amide bonds. The van der Waals surface area contributed by atoms with Gasteiger partial charge in [0.2, 0.25) is 0 Å². The summed E-state index contributed by atoms with van der Waals surface area (Å²) < 4.78 is 11.8. The van der Waals surface area contributed by atoms with Crippen LogP contribution < -0.4 is 45.0 Å². The van der Waals surface area contributed by atoms with Crippen molar-refractivity contribution in [3.63, 3.8) is 0 Å². The monoisotopic (exact) mass is 192 g/mol. The quantitative estimate of drug-likeness (QED) is 0.411. The van der Waals surface area contributed by atoms with E-state index in [4.69, 9.17) is 0 Å². The van der Waals surface area contributed by atoms with Gasteiger partial charge in [-0.2, -0.15) is 0 Å². The Bertz CT molecular complexity index is 241. The van der Waals surface area contributed by atoms with Gasteiger partial charge in [-0.05, 0) is 0 Å². The maximum absolute atomic E-state index is 9.77. The van der Waals surface area contributed by atoms with Crippen molar-refractivity contribution < 1.29 is 57.9 Å². The maximum atomic E-state index is 9.77. The molecule has 0 radical (unpaired) electrons. The Morgan fingerprint density at radius 1 is 1.55 bits per heavy atom. The van der Waals surface area contributed by atoms with Gasteiger partial charge in [0, 0.05) is 0 Å². The van der Waals surface area contributed by atoms with E-state index in [-0.39, 0.29) is 35.0 Å². The number of carbonyl (C=O) groups is 1. The van der Waals surface area contributed by atoms with Crippen LogP contribution in [0.3, 0.4) is 0 Å². The van der Waals surface area contributed by atoms with E-state index in [9.17, 15) is 14.7 Å². The average Bonchev–Trinajstić information content (AvgIpc) is 1.60. The van der Waals surface area contributed by atoms with Crippen molar-refractivity contribution in [1.29, 1.82) is 0 Å². The van der Waals surface area contributed by atoms with Crippen molar-refractivity contribution in [2.75, 3.05) is 0 Å². The van der Waals surface area contributed by atoms with Crippen LogP contribution in [0.5, 0.6) is 0 Å². The molecule has 0 spiro atoms. The SMILES string of the molecule is O.O=C([O-])Op1oc(=O)o1.[Na+]. The summed E-state index contributed by atoms with van der Waals surface area (Å²) in [5, 5.41) is 9.52. The van der Waals surface area contributed by atoms with E-state index in [2.05, 4.69) is 12.9 Å². The standard InChI is InChI=1S/C2HO6P.Na.H2O/c3-1(4)6-9-7-2(5)8-9;;/h(H,3,4);;1H2/q;+1;/p-1. The summed E-state index contributed by atoms with van der Waals surface area (Å²) in [5.41, 5.74) is 0. The van der Waals surface area contributed by atoms with Crippen LogP contribution in [0.25, 0.3) is 0 Å². The summed E-state index contributed by atoms with van der Waals surface area (Å²) in [7, 11) is -1.99. The van der Waals surface area contributed by atoms with Crippen LogP contribution in [0.2, 0.25) is 0 Å². The second-order valence-corrected chi connectivity index (χ2v) is 1.99. The van der Waals surface area contributed by atoms with Gasteiger partial charge in [0.15, 0.2) is 0 Å². The van der Waals surface area contributed by atoms with Crippen molar-refractivity contribution >= 4 is 14.4 Å². The Labute approximate surface area is 82.9 Å². The molecule has 1 rings (SSSR count). The number of hydrogen-bond donors (Lipinski definition) is 0. The molecule has 7 nitrogen and oxygen atoms in total. The maximum Gasteiger partial charge on any atom is 1.00 e. The van der Waals surface area contributed by atoms with Gasteiger partial charge in [0.05, 0.1) is 0 Å². The van der Waals surface area contributed by atoms with Crippen LogP contribution in [0.4, 0.5) is 4.79 Å². The van der Waals surface area contributed by atoms with Gasteiger partial charge in [-0.15, -0.1) is 0 Å². The number of rotatable bonds is 1. The Balaban J connectivity index is 0. The number of hydrogen-bond acceptors (Lipinski definition) is 6. The third-order valence-electron chi connectivity index (χ3n) is 0.447. The number of carboxylic acid groups (broad SMARTS) is 1. The average molecular weight is 192 g/mol. The molecule has 0 aromatic carbocycles. The van der Waals surface area contributed by atoms with Gasteiger partial charge >= 0.3 is 43.6 Å². The predicted molar refractivity (Wildman–Crippen MR) is 25.5 cm³/mol. The third-order valence-corrected chi connectivity index (χ3v) is 1.34. The van der Waals surface area contributed by atoms with Crippen LogP contribution in [0.1, 0.15) is 0 Å². The van der Waals surface area contributed by atoms with E-state index in [1.807, 2.05) is 0 Å². The molecule has 0 saturated carbocycles. The van der Waals surface area contributed by atoms with E-state index in [0.29, 0.717) is 0 Å². The molecule has 9 heteroatoms. The van der Waals surface area contributed by atoms with Crippen LogP contribution in [-0.4, -0.2) is 11.6 Å². The molecule has 1 heterocycles. The molecular weight excluding hydrogens is 190 g/mol. The zero-order chi connectivity index (χ0) is 6.85. The number of carbonyl (C=O) groups excluding carboxylic acids is 1. The Hall–Kier alpha value is -0.200.